The van der Waals surface area contributed by atoms with Crippen molar-refractivity contribution in [3.63, 3.8) is 0 Å². The van der Waals surface area contributed by atoms with Gasteiger partial charge in [-0.25, -0.2) is 8.42 Å². The highest BCUT2D eigenvalue weighted by Gasteiger charge is 2.09. The fourth-order valence-corrected chi connectivity index (χ4v) is 2.43. The molecule has 90 valence electrons. The lowest BCUT2D eigenvalue weighted by Gasteiger charge is -2.07. The summed E-state index contributed by atoms with van der Waals surface area (Å²) in [7, 11) is -1.37. The average Bonchev–Trinajstić information content (AvgIpc) is 2.25. The molecule has 1 aromatic rings. The highest BCUT2D eigenvalue weighted by molar-refractivity contribution is 7.92. The van der Waals surface area contributed by atoms with Crippen LogP contribution in [-0.2, 0) is 10.0 Å². The van der Waals surface area contributed by atoms with Crippen LogP contribution in [0.4, 0.5) is 5.69 Å². The molecule has 2 N–H and O–H groups in total. The predicted octanol–water partition coefficient (Wildman–Crippen LogP) is 0.823. The lowest BCUT2D eigenvalue weighted by atomic mass is 10.3. The Bertz CT molecular complexity index is 392. The van der Waals surface area contributed by atoms with Crippen molar-refractivity contribution in [3.05, 3.63) is 24.5 Å². The van der Waals surface area contributed by atoms with Crippen LogP contribution in [0.15, 0.2) is 24.5 Å². The van der Waals surface area contributed by atoms with Gasteiger partial charge in [-0.1, -0.05) is 0 Å². The van der Waals surface area contributed by atoms with Crippen molar-refractivity contribution in [1.29, 1.82) is 0 Å². The maximum atomic E-state index is 11.6. The van der Waals surface area contributed by atoms with E-state index in [-0.39, 0.29) is 5.75 Å². The summed E-state index contributed by atoms with van der Waals surface area (Å²) in [6, 6.07) is 3.26. The number of aromatic nitrogens is 1. The van der Waals surface area contributed by atoms with Crippen molar-refractivity contribution >= 4 is 15.7 Å². The average molecular weight is 243 g/mol. The Hall–Kier alpha value is -1.14. The number of sulfonamides is 1. The zero-order valence-electron chi connectivity index (χ0n) is 9.31. The predicted molar refractivity (Wildman–Crippen MR) is 64.8 cm³/mol. The van der Waals surface area contributed by atoms with E-state index in [2.05, 4.69) is 15.0 Å². The fourth-order valence-electron chi connectivity index (χ4n) is 1.24. The number of unbranched alkanes of at least 4 members (excludes halogenated alkanes) is 1. The molecule has 0 atom stereocenters. The van der Waals surface area contributed by atoms with E-state index < -0.39 is 10.0 Å². The minimum Gasteiger partial charge on any atom is -0.320 e. The summed E-state index contributed by atoms with van der Waals surface area (Å²) in [5, 5.41) is 2.98. The smallest absolute Gasteiger partial charge is 0.232 e. The Morgan fingerprint density at radius 1 is 1.25 bits per heavy atom. The number of anilines is 1. The van der Waals surface area contributed by atoms with Crippen LogP contribution >= 0.6 is 0 Å². The second-order valence-electron chi connectivity index (χ2n) is 3.47. The summed E-state index contributed by atoms with van der Waals surface area (Å²) in [5.74, 6) is 0.150. The first-order chi connectivity index (χ1) is 7.64. The molecule has 0 aliphatic heterocycles. The molecule has 0 bridgehead atoms. The minimum absolute atomic E-state index is 0.150. The van der Waals surface area contributed by atoms with Crippen LogP contribution in [0.2, 0.25) is 0 Å². The van der Waals surface area contributed by atoms with Gasteiger partial charge >= 0.3 is 0 Å². The van der Waals surface area contributed by atoms with Gasteiger partial charge in [-0.3, -0.25) is 9.71 Å². The molecule has 0 spiro atoms. The fraction of sp³-hybridized carbons (Fsp3) is 0.500. The minimum atomic E-state index is -3.22. The van der Waals surface area contributed by atoms with Crippen LogP contribution in [0.5, 0.6) is 0 Å². The van der Waals surface area contributed by atoms with Gasteiger partial charge in [0.05, 0.1) is 11.4 Å². The van der Waals surface area contributed by atoms with Gasteiger partial charge in [-0.15, -0.1) is 0 Å². The topological polar surface area (TPSA) is 71.1 Å². The van der Waals surface area contributed by atoms with Crippen LogP contribution in [0.3, 0.4) is 0 Å². The Balaban J connectivity index is 2.40. The van der Waals surface area contributed by atoms with E-state index in [1.54, 1.807) is 24.5 Å². The van der Waals surface area contributed by atoms with E-state index in [1.165, 1.54) is 0 Å². The normalized spacial score (nSPS) is 11.3. The third-order valence-electron chi connectivity index (χ3n) is 2.04. The molecule has 0 aliphatic carbocycles. The van der Waals surface area contributed by atoms with Crippen LogP contribution in [0.1, 0.15) is 12.8 Å². The summed E-state index contributed by atoms with van der Waals surface area (Å²) in [4.78, 5) is 3.82. The molecule has 1 heterocycles. The summed E-state index contributed by atoms with van der Waals surface area (Å²) < 4.78 is 25.7. The molecular weight excluding hydrogens is 226 g/mol. The van der Waals surface area contributed by atoms with E-state index in [4.69, 9.17) is 0 Å². The van der Waals surface area contributed by atoms with Crippen molar-refractivity contribution in [2.45, 2.75) is 12.8 Å². The van der Waals surface area contributed by atoms with Crippen molar-refractivity contribution in [3.8, 4) is 0 Å². The Kier molecular flexibility index (Phi) is 5.21. The summed E-state index contributed by atoms with van der Waals surface area (Å²) in [6.07, 6.45) is 4.62. The maximum Gasteiger partial charge on any atom is 0.232 e. The summed E-state index contributed by atoms with van der Waals surface area (Å²) >= 11 is 0. The van der Waals surface area contributed by atoms with Crippen molar-refractivity contribution in [2.75, 3.05) is 24.1 Å². The molecule has 1 rings (SSSR count). The van der Waals surface area contributed by atoms with Crippen molar-refractivity contribution in [1.82, 2.24) is 10.3 Å². The quantitative estimate of drug-likeness (QED) is 0.696. The van der Waals surface area contributed by atoms with E-state index in [0.29, 0.717) is 12.1 Å². The SMILES string of the molecule is CNCCCCS(=O)(=O)Nc1ccncc1. The largest absolute Gasteiger partial charge is 0.320 e. The lowest BCUT2D eigenvalue weighted by molar-refractivity contribution is 0.595. The number of hydrogen-bond donors (Lipinski definition) is 2. The first-order valence-corrected chi connectivity index (χ1v) is 6.84. The zero-order valence-corrected chi connectivity index (χ0v) is 10.1. The van der Waals surface area contributed by atoms with E-state index in [0.717, 1.165) is 13.0 Å². The number of nitrogens with one attached hydrogen (secondary N) is 2. The van der Waals surface area contributed by atoms with Gasteiger partial charge in [0.25, 0.3) is 0 Å². The Morgan fingerprint density at radius 2 is 1.94 bits per heavy atom. The lowest BCUT2D eigenvalue weighted by Crippen LogP contribution is -2.18. The highest BCUT2D eigenvalue weighted by atomic mass is 32.2. The molecule has 0 radical (unpaired) electrons. The summed E-state index contributed by atoms with van der Waals surface area (Å²) in [5.41, 5.74) is 0.559. The van der Waals surface area contributed by atoms with Crippen LogP contribution in [0.25, 0.3) is 0 Å². The second kappa shape index (κ2) is 6.44. The van der Waals surface area contributed by atoms with Crippen LogP contribution < -0.4 is 10.0 Å². The summed E-state index contributed by atoms with van der Waals surface area (Å²) in [6.45, 7) is 0.838. The number of pyridine rings is 1. The molecule has 0 unspecified atom stereocenters. The van der Waals surface area contributed by atoms with Gasteiger partial charge < -0.3 is 5.32 Å². The molecule has 0 amide bonds. The van der Waals surface area contributed by atoms with Gasteiger partial charge in [0, 0.05) is 12.4 Å². The highest BCUT2D eigenvalue weighted by Crippen LogP contribution is 2.07. The van der Waals surface area contributed by atoms with Gasteiger partial charge in [-0.2, -0.15) is 0 Å². The van der Waals surface area contributed by atoms with Gasteiger partial charge in [0.2, 0.25) is 10.0 Å². The van der Waals surface area contributed by atoms with Gasteiger partial charge in [0.15, 0.2) is 0 Å². The molecule has 0 saturated heterocycles. The molecule has 0 saturated carbocycles. The van der Waals surface area contributed by atoms with Crippen LogP contribution in [0, 0.1) is 0 Å². The second-order valence-corrected chi connectivity index (χ2v) is 5.31. The molecule has 1 aromatic heterocycles. The first-order valence-electron chi connectivity index (χ1n) is 5.19. The van der Waals surface area contributed by atoms with Gasteiger partial charge in [-0.05, 0) is 38.6 Å². The van der Waals surface area contributed by atoms with E-state index in [1.807, 2.05) is 7.05 Å². The number of nitrogens with zero attached hydrogens (tertiary/aromatic N) is 1. The van der Waals surface area contributed by atoms with E-state index >= 15 is 0 Å². The molecule has 0 aromatic carbocycles. The molecule has 16 heavy (non-hydrogen) atoms. The third kappa shape index (κ3) is 5.09. The number of rotatable bonds is 7. The molecule has 6 heteroatoms. The maximum absolute atomic E-state index is 11.6. The monoisotopic (exact) mass is 243 g/mol. The van der Waals surface area contributed by atoms with Crippen molar-refractivity contribution in [2.24, 2.45) is 0 Å². The number of hydrogen-bond acceptors (Lipinski definition) is 4. The first kappa shape index (κ1) is 12.9. The molecular formula is C10H17N3O2S. The zero-order chi connectivity index (χ0) is 11.9. The van der Waals surface area contributed by atoms with Crippen LogP contribution in [-0.4, -0.2) is 32.7 Å². The molecule has 0 fully saturated rings. The Labute approximate surface area is 96.3 Å². The molecule has 0 aliphatic rings. The molecule has 5 nitrogen and oxygen atoms in total. The Morgan fingerprint density at radius 3 is 2.56 bits per heavy atom. The standard InChI is InChI=1S/C10H17N3O2S/c1-11-6-2-3-9-16(14,15)13-10-4-7-12-8-5-10/h4-5,7-8,11H,2-3,6,9H2,1H3,(H,12,13). The van der Waals surface area contributed by atoms with Gasteiger partial charge in [0.1, 0.15) is 0 Å². The van der Waals surface area contributed by atoms with Crippen molar-refractivity contribution < 1.29 is 8.42 Å². The third-order valence-corrected chi connectivity index (χ3v) is 3.42. The van der Waals surface area contributed by atoms with E-state index in [9.17, 15) is 8.42 Å².